The lowest BCUT2D eigenvalue weighted by atomic mass is 10.0. The van der Waals surface area contributed by atoms with Crippen LogP contribution in [0.15, 0.2) is 15.9 Å². The summed E-state index contributed by atoms with van der Waals surface area (Å²) in [6, 6.07) is 1.82. The molecule has 0 aliphatic carbocycles. The summed E-state index contributed by atoms with van der Waals surface area (Å²) in [7, 11) is 0. The third-order valence-electron chi connectivity index (χ3n) is 2.35. The van der Waals surface area contributed by atoms with Gasteiger partial charge >= 0.3 is 0 Å². The topological polar surface area (TPSA) is 9.23 Å². The summed E-state index contributed by atoms with van der Waals surface area (Å²) in [5, 5.41) is 0.178. The molecular formula is C10H14OS4. The average Bonchev–Trinajstić information content (AvgIpc) is 2.23. The van der Waals surface area contributed by atoms with Crippen molar-refractivity contribution >= 4 is 50.8 Å². The van der Waals surface area contributed by atoms with Crippen molar-refractivity contribution in [3.05, 3.63) is 17.2 Å². The molecule has 1 unspecified atom stereocenters. The molecule has 0 aromatic heterocycles. The Kier molecular flexibility index (Phi) is 5.09. The van der Waals surface area contributed by atoms with Gasteiger partial charge in [-0.05, 0) is 30.5 Å². The smallest absolute Gasteiger partial charge is 0.151 e. The van der Waals surface area contributed by atoms with E-state index >= 15 is 0 Å². The molecule has 0 fully saturated rings. The van der Waals surface area contributed by atoms with Crippen LogP contribution in [0.3, 0.4) is 0 Å². The van der Waals surface area contributed by atoms with E-state index in [2.05, 4.69) is 57.7 Å². The molecule has 0 aliphatic rings. The first-order valence-electron chi connectivity index (χ1n) is 4.57. The highest BCUT2D eigenvalue weighted by molar-refractivity contribution is 7.81. The van der Waals surface area contributed by atoms with E-state index in [1.54, 1.807) is 0 Å². The standard InChI is InChI=1S/C10H14OS4/c1-3-7(12)9-5(2)10(14)6(11-15)4-8(9)13/h4,7,12-15H,3H2,1-2H3. The fraction of sp³-hybridized carbons (Fsp3) is 0.400. The Balaban J connectivity index is 3.35. The molecular weight excluding hydrogens is 264 g/mol. The van der Waals surface area contributed by atoms with Gasteiger partial charge in [0.2, 0.25) is 0 Å². The Morgan fingerprint density at radius 3 is 2.47 bits per heavy atom. The van der Waals surface area contributed by atoms with E-state index in [4.69, 9.17) is 4.18 Å². The van der Waals surface area contributed by atoms with E-state index in [9.17, 15) is 0 Å². The molecule has 0 amide bonds. The van der Waals surface area contributed by atoms with Gasteiger partial charge in [-0.2, -0.15) is 12.6 Å². The van der Waals surface area contributed by atoms with Gasteiger partial charge in [-0.1, -0.05) is 6.92 Å². The summed E-state index contributed by atoms with van der Waals surface area (Å²) in [5.41, 5.74) is 2.17. The molecule has 0 heterocycles. The molecule has 5 heteroatoms. The minimum Gasteiger partial charge on any atom is -0.428 e. The van der Waals surface area contributed by atoms with Gasteiger partial charge in [-0.3, -0.25) is 0 Å². The van der Waals surface area contributed by atoms with Crippen LogP contribution < -0.4 is 4.18 Å². The van der Waals surface area contributed by atoms with Crippen molar-refractivity contribution in [1.29, 1.82) is 0 Å². The van der Waals surface area contributed by atoms with Crippen molar-refractivity contribution in [1.82, 2.24) is 0 Å². The second-order valence-corrected chi connectivity index (χ2v) is 5.03. The quantitative estimate of drug-likeness (QED) is 0.479. The molecule has 0 N–H and O–H groups in total. The predicted octanol–water partition coefficient (Wildman–Crippen LogP) is 4.18. The fourth-order valence-corrected chi connectivity index (χ4v) is 2.79. The zero-order valence-corrected chi connectivity index (χ0v) is 12.1. The molecule has 0 saturated heterocycles. The highest BCUT2D eigenvalue weighted by atomic mass is 32.1. The van der Waals surface area contributed by atoms with Crippen molar-refractivity contribution < 1.29 is 4.18 Å². The third kappa shape index (κ3) is 2.75. The van der Waals surface area contributed by atoms with Gasteiger partial charge in [0, 0.05) is 23.1 Å². The molecule has 15 heavy (non-hydrogen) atoms. The molecule has 0 spiro atoms. The summed E-state index contributed by atoms with van der Waals surface area (Å²) in [6.45, 7) is 4.08. The van der Waals surface area contributed by atoms with Crippen LogP contribution in [0.5, 0.6) is 5.75 Å². The van der Waals surface area contributed by atoms with E-state index in [0.29, 0.717) is 5.75 Å². The highest BCUT2D eigenvalue weighted by Gasteiger charge is 2.16. The van der Waals surface area contributed by atoms with Crippen LogP contribution in [-0.4, -0.2) is 0 Å². The van der Waals surface area contributed by atoms with Gasteiger partial charge in [0.25, 0.3) is 0 Å². The van der Waals surface area contributed by atoms with E-state index < -0.39 is 0 Å². The van der Waals surface area contributed by atoms with Crippen LogP contribution >= 0.6 is 50.8 Å². The molecule has 0 saturated carbocycles. The molecule has 0 bridgehead atoms. The van der Waals surface area contributed by atoms with Gasteiger partial charge in [0.15, 0.2) is 5.75 Å². The zero-order valence-electron chi connectivity index (χ0n) is 8.56. The lowest BCUT2D eigenvalue weighted by Crippen LogP contribution is -1.97. The maximum Gasteiger partial charge on any atom is 0.151 e. The second kappa shape index (κ2) is 5.66. The number of thiol groups is 4. The minimum absolute atomic E-state index is 0.178. The Morgan fingerprint density at radius 1 is 1.40 bits per heavy atom. The summed E-state index contributed by atoms with van der Waals surface area (Å²) >= 11 is 17.1. The van der Waals surface area contributed by atoms with Gasteiger partial charge < -0.3 is 4.18 Å². The van der Waals surface area contributed by atoms with Crippen LogP contribution in [0, 0.1) is 6.92 Å². The van der Waals surface area contributed by atoms with Crippen LogP contribution in [0.25, 0.3) is 0 Å². The number of hydrogen-bond donors (Lipinski definition) is 4. The molecule has 84 valence electrons. The summed E-state index contributed by atoms with van der Waals surface area (Å²) in [5.74, 6) is 0.629. The van der Waals surface area contributed by atoms with E-state index in [-0.39, 0.29) is 5.25 Å². The maximum absolute atomic E-state index is 4.92. The van der Waals surface area contributed by atoms with Crippen molar-refractivity contribution in [2.75, 3.05) is 0 Å². The van der Waals surface area contributed by atoms with Crippen LogP contribution in [0.2, 0.25) is 0 Å². The van der Waals surface area contributed by atoms with Gasteiger partial charge in [0.1, 0.15) is 0 Å². The fourth-order valence-electron chi connectivity index (χ4n) is 1.47. The van der Waals surface area contributed by atoms with Gasteiger partial charge in [-0.15, -0.1) is 25.3 Å². The van der Waals surface area contributed by atoms with Gasteiger partial charge in [-0.25, -0.2) is 0 Å². The Labute approximate surface area is 113 Å². The number of hydrogen-bond acceptors (Lipinski definition) is 5. The average molecular weight is 278 g/mol. The largest absolute Gasteiger partial charge is 0.428 e. The van der Waals surface area contributed by atoms with Crippen molar-refractivity contribution in [2.45, 2.75) is 35.3 Å². The molecule has 0 radical (unpaired) electrons. The number of rotatable bonds is 3. The van der Waals surface area contributed by atoms with Crippen LogP contribution in [0.1, 0.15) is 29.7 Å². The van der Waals surface area contributed by atoms with Crippen LogP contribution in [0.4, 0.5) is 0 Å². The van der Waals surface area contributed by atoms with Crippen molar-refractivity contribution in [3.8, 4) is 5.75 Å². The molecule has 1 nitrogen and oxygen atoms in total. The molecule has 1 atom stereocenters. The summed E-state index contributed by atoms with van der Waals surface area (Å²) < 4.78 is 4.92. The SMILES string of the molecule is CCC(S)c1c(S)cc(OS)c(S)c1C. The molecule has 1 rings (SSSR count). The lowest BCUT2D eigenvalue weighted by Gasteiger charge is -2.18. The first kappa shape index (κ1) is 13.5. The zero-order chi connectivity index (χ0) is 11.6. The van der Waals surface area contributed by atoms with Gasteiger partial charge in [0.05, 0.1) is 4.90 Å². The molecule has 1 aromatic carbocycles. The third-order valence-corrected chi connectivity index (χ3v) is 4.10. The Morgan fingerprint density at radius 2 is 2.00 bits per heavy atom. The first-order valence-corrected chi connectivity index (χ1v) is 6.35. The minimum atomic E-state index is 0.178. The van der Waals surface area contributed by atoms with Crippen molar-refractivity contribution in [2.24, 2.45) is 0 Å². The normalized spacial score (nSPS) is 12.7. The summed E-state index contributed by atoms with van der Waals surface area (Å²) in [4.78, 5) is 1.67. The van der Waals surface area contributed by atoms with Crippen molar-refractivity contribution in [3.63, 3.8) is 0 Å². The monoisotopic (exact) mass is 278 g/mol. The molecule has 0 aliphatic heterocycles. The first-order chi connectivity index (χ1) is 7.02. The highest BCUT2D eigenvalue weighted by Crippen LogP contribution is 2.39. The number of benzene rings is 1. The van der Waals surface area contributed by atoms with E-state index in [0.717, 1.165) is 27.3 Å². The van der Waals surface area contributed by atoms with E-state index in [1.165, 1.54) is 0 Å². The Bertz CT molecular complexity index is 365. The van der Waals surface area contributed by atoms with E-state index in [1.807, 2.05) is 13.0 Å². The molecule has 1 aromatic rings. The summed E-state index contributed by atoms with van der Waals surface area (Å²) in [6.07, 6.45) is 0.950. The second-order valence-electron chi connectivity index (χ2n) is 3.30. The Hall–Kier alpha value is 0.420. The van der Waals surface area contributed by atoms with Crippen LogP contribution in [-0.2, 0) is 0 Å². The lowest BCUT2D eigenvalue weighted by molar-refractivity contribution is 0.633. The maximum atomic E-state index is 4.92. The predicted molar refractivity (Wildman–Crippen MR) is 77.3 cm³/mol.